The second kappa shape index (κ2) is 4.70. The molecule has 0 radical (unpaired) electrons. The number of nitrogens with two attached hydrogens (primary N) is 1. The molecule has 0 saturated heterocycles. The molecule has 0 amide bonds. The molecule has 0 saturated carbocycles. The van der Waals surface area contributed by atoms with Crippen molar-refractivity contribution in [1.29, 1.82) is 0 Å². The molecule has 0 aliphatic rings. The number of H-pyrrole nitrogens is 1. The number of nitrogen functional groups attached to an aromatic ring is 1. The molecule has 0 atom stereocenters. The SMILES string of the molecule is CS(=O)(=O)c1ccc(Nc2nc(N)nc3nc[nH]c23)cc1. The first-order valence-corrected chi connectivity index (χ1v) is 7.86. The fraction of sp³-hybridized carbons (Fsp3) is 0.0833. The molecule has 1 aromatic carbocycles. The average Bonchev–Trinajstić information content (AvgIpc) is 2.86. The number of imidazole rings is 1. The van der Waals surface area contributed by atoms with Gasteiger partial charge in [-0.3, -0.25) is 0 Å². The Morgan fingerprint density at radius 2 is 1.90 bits per heavy atom. The Labute approximate surface area is 120 Å². The molecule has 0 unspecified atom stereocenters. The molecule has 3 aromatic rings. The van der Waals surface area contributed by atoms with Crippen LogP contribution in [0.5, 0.6) is 0 Å². The first kappa shape index (κ1) is 13.3. The molecule has 0 aliphatic carbocycles. The lowest BCUT2D eigenvalue weighted by molar-refractivity contribution is 0.602. The van der Waals surface area contributed by atoms with Crippen LogP contribution in [0.3, 0.4) is 0 Å². The van der Waals surface area contributed by atoms with Crippen LogP contribution in [-0.2, 0) is 9.84 Å². The van der Waals surface area contributed by atoms with Gasteiger partial charge in [-0.2, -0.15) is 9.97 Å². The minimum Gasteiger partial charge on any atom is -0.368 e. The second-order valence-electron chi connectivity index (χ2n) is 4.45. The zero-order valence-corrected chi connectivity index (χ0v) is 11.8. The summed E-state index contributed by atoms with van der Waals surface area (Å²) in [5, 5.41) is 3.06. The van der Waals surface area contributed by atoms with Crippen molar-refractivity contribution < 1.29 is 8.42 Å². The van der Waals surface area contributed by atoms with Crippen LogP contribution in [-0.4, -0.2) is 34.6 Å². The first-order valence-electron chi connectivity index (χ1n) is 5.97. The molecular formula is C12H12N6O2S. The van der Waals surface area contributed by atoms with Crippen LogP contribution in [0.1, 0.15) is 0 Å². The summed E-state index contributed by atoms with van der Waals surface area (Å²) in [4.78, 5) is 15.3. The third-order valence-electron chi connectivity index (χ3n) is 2.85. The van der Waals surface area contributed by atoms with E-state index in [1.165, 1.54) is 18.5 Å². The minimum absolute atomic E-state index is 0.102. The number of nitrogens with one attached hydrogen (secondary N) is 2. The van der Waals surface area contributed by atoms with Crippen molar-refractivity contribution in [2.45, 2.75) is 4.90 Å². The Bertz CT molecular complexity index is 901. The van der Waals surface area contributed by atoms with Gasteiger partial charge in [0.25, 0.3) is 0 Å². The molecule has 2 aromatic heterocycles. The summed E-state index contributed by atoms with van der Waals surface area (Å²) in [7, 11) is -3.21. The Morgan fingerprint density at radius 1 is 1.19 bits per heavy atom. The van der Waals surface area contributed by atoms with E-state index in [1.807, 2.05) is 0 Å². The van der Waals surface area contributed by atoms with Gasteiger partial charge in [0.15, 0.2) is 21.3 Å². The number of aromatic nitrogens is 4. The van der Waals surface area contributed by atoms with E-state index < -0.39 is 9.84 Å². The maximum absolute atomic E-state index is 11.4. The lowest BCUT2D eigenvalue weighted by Crippen LogP contribution is -2.02. The molecule has 8 nitrogen and oxygen atoms in total. The monoisotopic (exact) mass is 304 g/mol. The van der Waals surface area contributed by atoms with Crippen LogP contribution >= 0.6 is 0 Å². The maximum atomic E-state index is 11.4. The minimum atomic E-state index is -3.21. The van der Waals surface area contributed by atoms with E-state index in [0.29, 0.717) is 22.7 Å². The number of hydrogen-bond acceptors (Lipinski definition) is 7. The standard InChI is InChI=1S/C12H12N6O2S/c1-21(19,20)8-4-2-7(3-5-8)16-11-9-10(15-6-14-9)17-12(13)18-11/h2-6H,1H3,(H4,13,14,15,16,17,18). The summed E-state index contributed by atoms with van der Waals surface area (Å²) < 4.78 is 22.8. The summed E-state index contributed by atoms with van der Waals surface area (Å²) >= 11 is 0. The average molecular weight is 304 g/mol. The zero-order valence-electron chi connectivity index (χ0n) is 11.0. The lowest BCUT2D eigenvalue weighted by Gasteiger charge is -2.07. The highest BCUT2D eigenvalue weighted by Gasteiger charge is 2.10. The molecule has 108 valence electrons. The summed E-state index contributed by atoms with van der Waals surface area (Å²) in [5.41, 5.74) is 7.38. The van der Waals surface area contributed by atoms with Crippen LogP contribution in [0.4, 0.5) is 17.5 Å². The lowest BCUT2D eigenvalue weighted by atomic mass is 10.3. The van der Waals surface area contributed by atoms with Crippen LogP contribution in [0, 0.1) is 0 Å². The molecule has 4 N–H and O–H groups in total. The highest BCUT2D eigenvalue weighted by Crippen LogP contribution is 2.22. The van der Waals surface area contributed by atoms with E-state index in [9.17, 15) is 8.42 Å². The molecule has 2 heterocycles. The Hall–Kier alpha value is -2.68. The third-order valence-corrected chi connectivity index (χ3v) is 3.98. The topological polar surface area (TPSA) is 127 Å². The van der Waals surface area contributed by atoms with Gasteiger partial charge >= 0.3 is 0 Å². The summed E-state index contributed by atoms with van der Waals surface area (Å²) in [6.45, 7) is 0. The highest BCUT2D eigenvalue weighted by atomic mass is 32.2. The normalized spacial score (nSPS) is 11.7. The van der Waals surface area contributed by atoms with Crippen molar-refractivity contribution in [3.63, 3.8) is 0 Å². The fourth-order valence-corrected chi connectivity index (χ4v) is 2.49. The summed E-state index contributed by atoms with van der Waals surface area (Å²) in [6.07, 6.45) is 2.66. The largest absolute Gasteiger partial charge is 0.368 e. The van der Waals surface area contributed by atoms with Gasteiger partial charge in [0, 0.05) is 11.9 Å². The van der Waals surface area contributed by atoms with Crippen molar-refractivity contribution in [3.05, 3.63) is 30.6 Å². The highest BCUT2D eigenvalue weighted by molar-refractivity contribution is 7.90. The van der Waals surface area contributed by atoms with Crippen molar-refractivity contribution in [1.82, 2.24) is 19.9 Å². The van der Waals surface area contributed by atoms with Crippen molar-refractivity contribution in [2.24, 2.45) is 0 Å². The molecule has 3 rings (SSSR count). The summed E-state index contributed by atoms with van der Waals surface area (Å²) in [6, 6.07) is 6.34. The van der Waals surface area contributed by atoms with Crippen LogP contribution < -0.4 is 11.1 Å². The van der Waals surface area contributed by atoms with E-state index in [1.54, 1.807) is 12.1 Å². The Morgan fingerprint density at radius 3 is 2.57 bits per heavy atom. The molecule has 0 bridgehead atoms. The maximum Gasteiger partial charge on any atom is 0.224 e. The van der Waals surface area contributed by atoms with Crippen molar-refractivity contribution >= 4 is 38.5 Å². The second-order valence-corrected chi connectivity index (χ2v) is 6.47. The first-order chi connectivity index (χ1) is 9.93. The Kier molecular flexibility index (Phi) is 2.98. The number of hydrogen-bond donors (Lipinski definition) is 3. The van der Waals surface area contributed by atoms with Gasteiger partial charge in [-0.1, -0.05) is 0 Å². The van der Waals surface area contributed by atoms with Gasteiger partial charge in [0.2, 0.25) is 5.95 Å². The number of nitrogens with zero attached hydrogens (tertiary/aromatic N) is 3. The summed E-state index contributed by atoms with van der Waals surface area (Å²) in [5.74, 6) is 0.576. The number of rotatable bonds is 3. The van der Waals surface area contributed by atoms with Crippen LogP contribution in [0.2, 0.25) is 0 Å². The Balaban J connectivity index is 1.97. The quantitative estimate of drug-likeness (QED) is 0.660. The molecule has 9 heteroatoms. The predicted octanol–water partition coefficient (Wildman–Crippen LogP) is 1.08. The van der Waals surface area contributed by atoms with Gasteiger partial charge < -0.3 is 16.0 Å². The van der Waals surface area contributed by atoms with Crippen molar-refractivity contribution in [2.75, 3.05) is 17.3 Å². The number of benzene rings is 1. The van der Waals surface area contributed by atoms with Crippen molar-refractivity contribution in [3.8, 4) is 0 Å². The van der Waals surface area contributed by atoms with Gasteiger partial charge in [-0.05, 0) is 24.3 Å². The molecule has 21 heavy (non-hydrogen) atoms. The van der Waals surface area contributed by atoms with Gasteiger partial charge in [-0.15, -0.1) is 0 Å². The molecule has 0 aliphatic heterocycles. The molecular weight excluding hydrogens is 292 g/mol. The smallest absolute Gasteiger partial charge is 0.224 e. The van der Waals surface area contributed by atoms with Gasteiger partial charge in [-0.25, -0.2) is 13.4 Å². The van der Waals surface area contributed by atoms with Gasteiger partial charge in [0.05, 0.1) is 11.2 Å². The van der Waals surface area contributed by atoms with E-state index in [-0.39, 0.29) is 10.8 Å². The number of fused-ring (bicyclic) bond motifs is 1. The number of aromatic amines is 1. The van der Waals surface area contributed by atoms with Gasteiger partial charge in [0.1, 0.15) is 5.52 Å². The molecule has 0 spiro atoms. The third kappa shape index (κ3) is 2.63. The number of anilines is 3. The van der Waals surface area contributed by atoms with Crippen LogP contribution in [0.25, 0.3) is 11.2 Å². The van der Waals surface area contributed by atoms with E-state index in [2.05, 4.69) is 25.3 Å². The fourth-order valence-electron chi connectivity index (χ4n) is 1.86. The van der Waals surface area contributed by atoms with E-state index >= 15 is 0 Å². The number of sulfone groups is 1. The zero-order chi connectivity index (χ0) is 15.0. The van der Waals surface area contributed by atoms with E-state index in [4.69, 9.17) is 5.73 Å². The van der Waals surface area contributed by atoms with E-state index in [0.717, 1.165) is 6.26 Å². The van der Waals surface area contributed by atoms with Crippen LogP contribution in [0.15, 0.2) is 35.5 Å². The molecule has 0 fully saturated rings. The predicted molar refractivity (Wildman–Crippen MR) is 78.9 cm³/mol.